The van der Waals surface area contributed by atoms with E-state index in [0.29, 0.717) is 0 Å². The molecule has 0 heterocycles. The minimum absolute atomic E-state index is 0.278. The molecule has 1 atom stereocenters. The molecule has 0 saturated carbocycles. The molecule has 0 spiro atoms. The number of benzene rings is 1. The molecule has 1 N–H and O–H groups in total. The normalized spacial score (nSPS) is 12.5. The van der Waals surface area contributed by atoms with Gasteiger partial charge >= 0.3 is 0 Å². The van der Waals surface area contributed by atoms with Crippen LogP contribution in [-0.4, -0.2) is 14.2 Å². The van der Waals surface area contributed by atoms with E-state index in [2.05, 4.69) is 28.2 Å². The van der Waals surface area contributed by atoms with E-state index < -0.39 is 0 Å². The van der Waals surface area contributed by atoms with Gasteiger partial charge in [-0.2, -0.15) is 0 Å². The first-order valence-electron chi connectivity index (χ1n) is 5.84. The molecule has 0 aliphatic rings. The third-order valence-corrected chi connectivity index (χ3v) is 3.62. The molecule has 4 heteroatoms. The third kappa shape index (κ3) is 3.87. The van der Waals surface area contributed by atoms with E-state index in [-0.39, 0.29) is 6.04 Å². The van der Waals surface area contributed by atoms with Crippen LogP contribution >= 0.6 is 27.5 Å². The van der Waals surface area contributed by atoms with Crippen LogP contribution in [-0.2, 0) is 0 Å². The predicted octanol–water partition coefficient (Wildman–Crippen LogP) is 4.56. The minimum atomic E-state index is 0.278. The second-order valence-electron chi connectivity index (χ2n) is 3.99. The van der Waals surface area contributed by atoms with Gasteiger partial charge < -0.3 is 10.1 Å². The van der Waals surface area contributed by atoms with Gasteiger partial charge in [-0.05, 0) is 41.5 Å². The number of ether oxygens (including phenoxy) is 1. The Morgan fingerprint density at radius 3 is 2.71 bits per heavy atom. The summed E-state index contributed by atoms with van der Waals surface area (Å²) < 4.78 is 6.35. The van der Waals surface area contributed by atoms with Crippen molar-refractivity contribution in [2.45, 2.75) is 32.2 Å². The Hall–Kier alpha value is -0.250. The van der Waals surface area contributed by atoms with Crippen LogP contribution in [0.5, 0.6) is 5.75 Å². The minimum Gasteiger partial charge on any atom is -0.495 e. The lowest BCUT2D eigenvalue weighted by molar-refractivity contribution is 0.394. The van der Waals surface area contributed by atoms with Gasteiger partial charge in [0.1, 0.15) is 5.75 Å². The van der Waals surface area contributed by atoms with Gasteiger partial charge in [0.25, 0.3) is 0 Å². The molecule has 0 aromatic heterocycles. The standard InChI is InChI=1S/C13H19BrClNO/c1-4-5-6-12(16-2)10-7-9(15)8-11(14)13(10)17-3/h7-8,12,16H,4-6H2,1-3H3. The SMILES string of the molecule is CCCCC(NC)c1cc(Cl)cc(Br)c1OC. The molecule has 1 rings (SSSR count). The molecular weight excluding hydrogens is 302 g/mol. The number of methoxy groups -OCH3 is 1. The maximum Gasteiger partial charge on any atom is 0.137 e. The van der Waals surface area contributed by atoms with E-state index in [1.165, 1.54) is 12.8 Å². The first-order chi connectivity index (χ1) is 8.13. The zero-order valence-electron chi connectivity index (χ0n) is 10.5. The summed E-state index contributed by atoms with van der Waals surface area (Å²) in [4.78, 5) is 0. The molecule has 0 radical (unpaired) electrons. The largest absolute Gasteiger partial charge is 0.495 e. The van der Waals surface area contributed by atoms with Crippen LogP contribution in [0, 0.1) is 0 Å². The molecule has 96 valence electrons. The molecule has 0 amide bonds. The van der Waals surface area contributed by atoms with Crippen molar-refractivity contribution in [2.24, 2.45) is 0 Å². The lowest BCUT2D eigenvalue weighted by atomic mass is 10.0. The van der Waals surface area contributed by atoms with Crippen molar-refractivity contribution in [3.8, 4) is 5.75 Å². The van der Waals surface area contributed by atoms with Gasteiger partial charge in [0.2, 0.25) is 0 Å². The predicted molar refractivity (Wildman–Crippen MR) is 77.0 cm³/mol. The summed E-state index contributed by atoms with van der Waals surface area (Å²) in [5, 5.41) is 4.05. The highest BCUT2D eigenvalue weighted by molar-refractivity contribution is 9.10. The molecule has 17 heavy (non-hydrogen) atoms. The van der Waals surface area contributed by atoms with Crippen molar-refractivity contribution in [2.75, 3.05) is 14.2 Å². The van der Waals surface area contributed by atoms with Crippen LogP contribution in [0.4, 0.5) is 0 Å². The molecule has 0 fully saturated rings. The van der Waals surface area contributed by atoms with Gasteiger partial charge in [0.05, 0.1) is 11.6 Å². The van der Waals surface area contributed by atoms with Crippen molar-refractivity contribution in [3.05, 3.63) is 27.2 Å². The average molecular weight is 321 g/mol. The Morgan fingerprint density at radius 1 is 1.47 bits per heavy atom. The van der Waals surface area contributed by atoms with Crippen LogP contribution in [0.15, 0.2) is 16.6 Å². The number of hydrogen-bond acceptors (Lipinski definition) is 2. The van der Waals surface area contributed by atoms with Gasteiger partial charge in [0.15, 0.2) is 0 Å². The van der Waals surface area contributed by atoms with E-state index in [0.717, 1.165) is 27.2 Å². The zero-order chi connectivity index (χ0) is 12.8. The van der Waals surface area contributed by atoms with Gasteiger partial charge in [-0.1, -0.05) is 31.4 Å². The molecule has 0 saturated heterocycles. The van der Waals surface area contributed by atoms with Crippen LogP contribution in [0.2, 0.25) is 5.02 Å². The molecule has 2 nitrogen and oxygen atoms in total. The second kappa shape index (κ2) is 7.24. The molecule has 1 aromatic rings. The second-order valence-corrected chi connectivity index (χ2v) is 5.28. The van der Waals surface area contributed by atoms with Crippen molar-refractivity contribution in [3.63, 3.8) is 0 Å². The van der Waals surface area contributed by atoms with Gasteiger partial charge in [0, 0.05) is 16.6 Å². The average Bonchev–Trinajstić information content (AvgIpc) is 2.29. The Morgan fingerprint density at radius 2 is 2.18 bits per heavy atom. The highest BCUT2D eigenvalue weighted by atomic mass is 79.9. The highest BCUT2D eigenvalue weighted by Crippen LogP contribution is 2.37. The first kappa shape index (κ1) is 14.8. The van der Waals surface area contributed by atoms with Crippen LogP contribution in [0.3, 0.4) is 0 Å². The van der Waals surface area contributed by atoms with Crippen LogP contribution in [0.1, 0.15) is 37.8 Å². The molecule has 0 aliphatic carbocycles. The molecule has 1 aromatic carbocycles. The van der Waals surface area contributed by atoms with Gasteiger partial charge in [-0.15, -0.1) is 0 Å². The molecule has 0 bridgehead atoms. The zero-order valence-corrected chi connectivity index (χ0v) is 12.9. The maximum absolute atomic E-state index is 6.10. The summed E-state index contributed by atoms with van der Waals surface area (Å²) in [5.74, 6) is 0.866. The fourth-order valence-electron chi connectivity index (χ4n) is 1.92. The number of hydrogen-bond donors (Lipinski definition) is 1. The number of unbranched alkanes of at least 4 members (excludes halogenated alkanes) is 1. The van der Waals surface area contributed by atoms with Crippen molar-refractivity contribution in [1.29, 1.82) is 0 Å². The number of halogens is 2. The van der Waals surface area contributed by atoms with E-state index in [4.69, 9.17) is 16.3 Å². The van der Waals surface area contributed by atoms with E-state index >= 15 is 0 Å². The maximum atomic E-state index is 6.10. The summed E-state index contributed by atoms with van der Waals surface area (Å²) in [6.07, 6.45) is 3.44. The lowest BCUT2D eigenvalue weighted by Gasteiger charge is -2.20. The Bertz CT molecular complexity index is 371. The van der Waals surface area contributed by atoms with Crippen molar-refractivity contribution in [1.82, 2.24) is 5.32 Å². The van der Waals surface area contributed by atoms with Crippen molar-refractivity contribution < 1.29 is 4.74 Å². The molecular formula is C13H19BrClNO. The van der Waals surface area contributed by atoms with Gasteiger partial charge in [-0.3, -0.25) is 0 Å². The fraction of sp³-hybridized carbons (Fsp3) is 0.538. The quantitative estimate of drug-likeness (QED) is 0.829. The third-order valence-electron chi connectivity index (χ3n) is 2.81. The van der Waals surface area contributed by atoms with E-state index in [1.54, 1.807) is 7.11 Å². The Balaban J connectivity index is 3.07. The highest BCUT2D eigenvalue weighted by Gasteiger charge is 2.17. The first-order valence-corrected chi connectivity index (χ1v) is 7.01. The van der Waals surface area contributed by atoms with Gasteiger partial charge in [-0.25, -0.2) is 0 Å². The Kier molecular flexibility index (Phi) is 6.31. The Labute approximate surface area is 117 Å². The molecule has 0 aliphatic heterocycles. The summed E-state index contributed by atoms with van der Waals surface area (Å²) in [6, 6.07) is 4.11. The summed E-state index contributed by atoms with van der Waals surface area (Å²) in [7, 11) is 3.65. The van der Waals surface area contributed by atoms with Crippen molar-refractivity contribution >= 4 is 27.5 Å². The summed E-state index contributed by atoms with van der Waals surface area (Å²) >= 11 is 9.59. The number of rotatable bonds is 6. The topological polar surface area (TPSA) is 21.3 Å². The summed E-state index contributed by atoms with van der Waals surface area (Å²) in [6.45, 7) is 2.19. The van der Waals surface area contributed by atoms with Crippen LogP contribution in [0.25, 0.3) is 0 Å². The smallest absolute Gasteiger partial charge is 0.137 e. The number of nitrogens with one attached hydrogen (secondary N) is 1. The van der Waals surface area contributed by atoms with Crippen LogP contribution < -0.4 is 10.1 Å². The fourth-order valence-corrected chi connectivity index (χ4v) is 2.91. The monoisotopic (exact) mass is 319 g/mol. The summed E-state index contributed by atoms with van der Waals surface area (Å²) in [5.41, 5.74) is 1.11. The van der Waals surface area contributed by atoms with E-state index in [1.807, 2.05) is 19.2 Å². The lowest BCUT2D eigenvalue weighted by Crippen LogP contribution is -2.17. The molecule has 1 unspecified atom stereocenters. The van der Waals surface area contributed by atoms with E-state index in [9.17, 15) is 0 Å².